The van der Waals surface area contributed by atoms with Gasteiger partial charge in [0.05, 0.1) is 5.75 Å². The summed E-state index contributed by atoms with van der Waals surface area (Å²) in [5.41, 5.74) is 0.148. The first-order valence-electron chi connectivity index (χ1n) is 6.12. The van der Waals surface area contributed by atoms with E-state index in [9.17, 15) is 8.42 Å². The van der Waals surface area contributed by atoms with Crippen molar-refractivity contribution in [1.82, 2.24) is 5.32 Å². The second kappa shape index (κ2) is 6.60. The van der Waals surface area contributed by atoms with Crippen LogP contribution in [0.2, 0.25) is 0 Å². The Morgan fingerprint density at radius 1 is 1.19 bits per heavy atom. The minimum absolute atomic E-state index is 0.148. The smallest absolute Gasteiger partial charge is 0.150 e. The van der Waals surface area contributed by atoms with E-state index in [0.717, 1.165) is 19.4 Å². The van der Waals surface area contributed by atoms with Crippen LogP contribution < -0.4 is 5.32 Å². The van der Waals surface area contributed by atoms with Crippen LogP contribution in [0.5, 0.6) is 0 Å². The van der Waals surface area contributed by atoms with Crippen LogP contribution in [0, 0.1) is 5.92 Å². The summed E-state index contributed by atoms with van der Waals surface area (Å²) in [5.74, 6) is 1.07. The van der Waals surface area contributed by atoms with Crippen molar-refractivity contribution in [2.75, 3.05) is 18.1 Å². The molecule has 0 rings (SSSR count). The summed E-state index contributed by atoms with van der Waals surface area (Å²) < 4.78 is 22.6. The number of sulfone groups is 1. The summed E-state index contributed by atoms with van der Waals surface area (Å²) in [5, 5.41) is 3.41. The van der Waals surface area contributed by atoms with Crippen molar-refractivity contribution >= 4 is 9.84 Å². The van der Waals surface area contributed by atoms with Crippen LogP contribution in [-0.2, 0) is 9.84 Å². The lowest BCUT2D eigenvalue weighted by Crippen LogP contribution is -2.37. The van der Waals surface area contributed by atoms with Crippen molar-refractivity contribution in [3.63, 3.8) is 0 Å². The molecule has 16 heavy (non-hydrogen) atoms. The van der Waals surface area contributed by atoms with Gasteiger partial charge in [-0.15, -0.1) is 0 Å². The second-order valence-electron chi connectivity index (χ2n) is 5.60. The molecular formula is C12H27NO2S. The van der Waals surface area contributed by atoms with Crippen molar-refractivity contribution in [2.24, 2.45) is 5.92 Å². The predicted octanol–water partition coefficient (Wildman–Crippen LogP) is 2.23. The fraction of sp³-hybridized carbons (Fsp3) is 1.00. The Balaban J connectivity index is 3.72. The van der Waals surface area contributed by atoms with Crippen molar-refractivity contribution < 1.29 is 8.42 Å². The van der Waals surface area contributed by atoms with E-state index in [1.54, 1.807) is 6.92 Å². The molecule has 0 aliphatic rings. The highest BCUT2D eigenvalue weighted by Gasteiger charge is 2.12. The molecule has 3 nitrogen and oxygen atoms in total. The second-order valence-corrected chi connectivity index (χ2v) is 8.07. The van der Waals surface area contributed by atoms with Crippen LogP contribution in [0.25, 0.3) is 0 Å². The number of nitrogens with one attached hydrogen (secondary N) is 1. The van der Waals surface area contributed by atoms with Gasteiger partial charge in [-0.1, -0.05) is 13.8 Å². The Bertz CT molecular complexity index is 278. The average Bonchev–Trinajstić information content (AvgIpc) is 2.13. The lowest BCUT2D eigenvalue weighted by Gasteiger charge is -2.21. The molecule has 0 saturated carbocycles. The third kappa shape index (κ3) is 9.16. The molecule has 0 aromatic rings. The minimum Gasteiger partial charge on any atom is -0.312 e. The molecule has 0 aliphatic heterocycles. The van der Waals surface area contributed by atoms with Crippen molar-refractivity contribution in [3.8, 4) is 0 Å². The van der Waals surface area contributed by atoms with E-state index in [2.05, 4.69) is 33.0 Å². The number of hydrogen-bond donors (Lipinski definition) is 1. The zero-order chi connectivity index (χ0) is 12.8. The molecule has 4 heteroatoms. The molecule has 0 heterocycles. The van der Waals surface area contributed by atoms with Gasteiger partial charge >= 0.3 is 0 Å². The summed E-state index contributed by atoms with van der Waals surface area (Å²) in [6.45, 7) is 11.2. The third-order valence-electron chi connectivity index (χ3n) is 2.65. The lowest BCUT2D eigenvalue weighted by molar-refractivity contribution is 0.391. The Morgan fingerprint density at radius 2 is 1.75 bits per heavy atom. The highest BCUT2D eigenvalue weighted by atomic mass is 32.2. The third-order valence-corrected chi connectivity index (χ3v) is 4.39. The van der Waals surface area contributed by atoms with Gasteiger partial charge in [0.15, 0.2) is 0 Å². The molecule has 1 unspecified atom stereocenters. The van der Waals surface area contributed by atoms with Gasteiger partial charge in [-0.3, -0.25) is 0 Å². The van der Waals surface area contributed by atoms with E-state index in [1.165, 1.54) is 0 Å². The molecule has 98 valence electrons. The van der Waals surface area contributed by atoms with Gasteiger partial charge in [-0.25, -0.2) is 8.42 Å². The van der Waals surface area contributed by atoms with E-state index in [4.69, 9.17) is 0 Å². The van der Waals surface area contributed by atoms with Crippen LogP contribution >= 0.6 is 0 Å². The Kier molecular flexibility index (Phi) is 6.56. The average molecular weight is 249 g/mol. The molecular weight excluding hydrogens is 222 g/mol. The van der Waals surface area contributed by atoms with E-state index in [0.29, 0.717) is 11.7 Å². The topological polar surface area (TPSA) is 46.2 Å². The molecule has 0 aromatic heterocycles. The van der Waals surface area contributed by atoms with Gasteiger partial charge in [0.2, 0.25) is 0 Å². The van der Waals surface area contributed by atoms with Crippen LogP contribution in [-0.4, -0.2) is 32.0 Å². The molecule has 0 fully saturated rings. The summed E-state index contributed by atoms with van der Waals surface area (Å²) in [7, 11) is -2.79. The zero-order valence-electron chi connectivity index (χ0n) is 11.3. The summed E-state index contributed by atoms with van der Waals surface area (Å²) in [6, 6.07) is 0. The standard InChI is InChI=1S/C12H27NO2S/c1-6-16(14,15)10-8-11(2)7-9-13-12(3,4)5/h11,13H,6-10H2,1-5H3. The van der Waals surface area contributed by atoms with E-state index in [-0.39, 0.29) is 11.3 Å². The summed E-state index contributed by atoms with van der Waals surface area (Å²) in [4.78, 5) is 0. The minimum atomic E-state index is -2.79. The normalized spacial score (nSPS) is 15.1. The quantitative estimate of drug-likeness (QED) is 0.752. The van der Waals surface area contributed by atoms with E-state index >= 15 is 0 Å². The molecule has 0 aliphatic carbocycles. The summed E-state index contributed by atoms with van der Waals surface area (Å²) >= 11 is 0. The van der Waals surface area contributed by atoms with Gasteiger partial charge in [0, 0.05) is 11.3 Å². The predicted molar refractivity (Wildman–Crippen MR) is 70.5 cm³/mol. The Morgan fingerprint density at radius 3 is 2.19 bits per heavy atom. The highest BCUT2D eigenvalue weighted by Crippen LogP contribution is 2.10. The lowest BCUT2D eigenvalue weighted by atomic mass is 10.0. The first-order valence-corrected chi connectivity index (χ1v) is 7.94. The van der Waals surface area contributed by atoms with Gasteiger partial charge in [-0.05, 0) is 46.1 Å². The van der Waals surface area contributed by atoms with Gasteiger partial charge < -0.3 is 5.32 Å². The number of rotatable bonds is 7. The van der Waals surface area contributed by atoms with Gasteiger partial charge in [0.1, 0.15) is 9.84 Å². The molecule has 0 amide bonds. The highest BCUT2D eigenvalue weighted by molar-refractivity contribution is 7.91. The largest absolute Gasteiger partial charge is 0.312 e. The molecule has 1 atom stereocenters. The van der Waals surface area contributed by atoms with Crippen LogP contribution in [0.4, 0.5) is 0 Å². The Labute approximate surface area is 101 Å². The maximum Gasteiger partial charge on any atom is 0.150 e. The summed E-state index contributed by atoms with van der Waals surface area (Å²) in [6.07, 6.45) is 1.82. The maximum atomic E-state index is 11.3. The van der Waals surface area contributed by atoms with E-state index < -0.39 is 9.84 Å². The van der Waals surface area contributed by atoms with E-state index in [1.807, 2.05) is 0 Å². The van der Waals surface area contributed by atoms with Crippen molar-refractivity contribution in [1.29, 1.82) is 0 Å². The Hall–Kier alpha value is -0.0900. The van der Waals surface area contributed by atoms with Gasteiger partial charge in [-0.2, -0.15) is 0 Å². The molecule has 1 N–H and O–H groups in total. The van der Waals surface area contributed by atoms with Gasteiger partial charge in [0.25, 0.3) is 0 Å². The SMILES string of the molecule is CCS(=O)(=O)CCC(C)CCNC(C)(C)C. The molecule has 0 bridgehead atoms. The van der Waals surface area contributed by atoms with Crippen LogP contribution in [0.3, 0.4) is 0 Å². The maximum absolute atomic E-state index is 11.3. The zero-order valence-corrected chi connectivity index (χ0v) is 12.2. The molecule has 0 spiro atoms. The fourth-order valence-electron chi connectivity index (χ4n) is 1.36. The van der Waals surface area contributed by atoms with Crippen molar-refractivity contribution in [3.05, 3.63) is 0 Å². The molecule has 0 radical (unpaired) electrons. The molecule has 0 saturated heterocycles. The molecule has 0 aromatic carbocycles. The van der Waals surface area contributed by atoms with Crippen LogP contribution in [0.15, 0.2) is 0 Å². The monoisotopic (exact) mass is 249 g/mol. The van der Waals surface area contributed by atoms with Crippen LogP contribution in [0.1, 0.15) is 47.5 Å². The first-order chi connectivity index (χ1) is 7.16. The number of hydrogen-bond acceptors (Lipinski definition) is 3. The first kappa shape index (κ1) is 15.9. The van der Waals surface area contributed by atoms with Crippen molar-refractivity contribution in [2.45, 2.75) is 53.0 Å². The fourth-order valence-corrected chi connectivity index (χ4v) is 2.41.